The summed E-state index contributed by atoms with van der Waals surface area (Å²) in [5.74, 6) is -0.774. The minimum absolute atomic E-state index is 0.0963. The minimum Gasteiger partial charge on any atom is -0.508 e. The molecule has 3 rings (SSSR count). The Morgan fingerprint density at radius 1 is 1.14 bits per heavy atom. The Balaban J connectivity index is 1.80. The van der Waals surface area contributed by atoms with Crippen LogP contribution in [0.2, 0.25) is 0 Å². The Bertz CT molecular complexity index is 605. The third-order valence-corrected chi connectivity index (χ3v) is 4.98. The first-order valence-electron chi connectivity index (χ1n) is 7.75. The lowest BCUT2D eigenvalue weighted by Gasteiger charge is -2.23. The van der Waals surface area contributed by atoms with Crippen molar-refractivity contribution in [3.63, 3.8) is 0 Å². The molecule has 0 aromatic heterocycles. The highest BCUT2D eigenvalue weighted by atomic mass is 16.5. The van der Waals surface area contributed by atoms with Crippen molar-refractivity contribution in [3.8, 4) is 5.75 Å². The van der Waals surface area contributed by atoms with Gasteiger partial charge in [0.1, 0.15) is 5.75 Å². The van der Waals surface area contributed by atoms with Crippen molar-refractivity contribution in [1.82, 2.24) is 4.90 Å². The molecule has 118 valence electrons. The molecule has 0 bridgehead atoms. The number of hydrogen-bond acceptors (Lipinski definition) is 4. The van der Waals surface area contributed by atoms with Crippen LogP contribution in [0.5, 0.6) is 5.75 Å². The van der Waals surface area contributed by atoms with E-state index in [2.05, 4.69) is 4.74 Å². The molecular formula is C17H21NO4. The van der Waals surface area contributed by atoms with Crippen LogP contribution in [-0.2, 0) is 4.74 Å². The average molecular weight is 303 g/mol. The molecular weight excluding hydrogens is 282 g/mol. The summed E-state index contributed by atoms with van der Waals surface area (Å²) in [7, 11) is 1.28. The molecule has 1 aromatic rings. The number of likely N-dealkylation sites (tertiary alicyclic amines) is 1. The van der Waals surface area contributed by atoms with Crippen LogP contribution in [0.4, 0.5) is 0 Å². The summed E-state index contributed by atoms with van der Waals surface area (Å²) in [5, 5.41) is 9.76. The van der Waals surface area contributed by atoms with E-state index in [1.807, 2.05) is 4.90 Å². The fraction of sp³-hybridized carbons (Fsp3) is 0.529. The number of esters is 1. The van der Waals surface area contributed by atoms with Crippen LogP contribution in [0.25, 0.3) is 0 Å². The second-order valence-corrected chi connectivity index (χ2v) is 6.44. The summed E-state index contributed by atoms with van der Waals surface area (Å²) >= 11 is 0. The van der Waals surface area contributed by atoms with Crippen LogP contribution < -0.4 is 0 Å². The largest absolute Gasteiger partial charge is 0.508 e. The molecule has 1 amide bonds. The van der Waals surface area contributed by atoms with Gasteiger partial charge in [0.25, 0.3) is 5.91 Å². The standard InChI is InChI=1S/C17H21NO4/c1-22-16(21)13-8-12(9-14(19)10-13)15(20)18-7-6-17(11-18)4-2-3-5-17/h8-10,19H,2-7,11H2,1H3. The Labute approximate surface area is 129 Å². The summed E-state index contributed by atoms with van der Waals surface area (Å²) in [6, 6.07) is 4.22. The monoisotopic (exact) mass is 303 g/mol. The lowest BCUT2D eigenvalue weighted by atomic mass is 9.86. The molecule has 1 N–H and O–H groups in total. The number of nitrogens with zero attached hydrogens (tertiary/aromatic N) is 1. The third-order valence-electron chi connectivity index (χ3n) is 4.98. The van der Waals surface area contributed by atoms with E-state index in [0.717, 1.165) is 19.5 Å². The van der Waals surface area contributed by atoms with Crippen molar-refractivity contribution in [2.75, 3.05) is 20.2 Å². The highest BCUT2D eigenvalue weighted by Crippen LogP contribution is 2.45. The SMILES string of the molecule is COC(=O)c1cc(O)cc(C(=O)N2CCC3(CCCC3)C2)c1. The van der Waals surface area contributed by atoms with E-state index in [1.165, 1.54) is 51.0 Å². The zero-order valence-electron chi connectivity index (χ0n) is 12.8. The Kier molecular flexibility index (Phi) is 3.81. The van der Waals surface area contributed by atoms with Crippen molar-refractivity contribution in [1.29, 1.82) is 0 Å². The van der Waals surface area contributed by atoms with Gasteiger partial charge >= 0.3 is 5.97 Å². The maximum absolute atomic E-state index is 12.7. The van der Waals surface area contributed by atoms with E-state index in [-0.39, 0.29) is 17.2 Å². The van der Waals surface area contributed by atoms with Crippen molar-refractivity contribution in [2.45, 2.75) is 32.1 Å². The summed E-state index contributed by atoms with van der Waals surface area (Å²) < 4.78 is 4.65. The van der Waals surface area contributed by atoms with E-state index in [0.29, 0.717) is 11.0 Å². The van der Waals surface area contributed by atoms with Crippen LogP contribution >= 0.6 is 0 Å². The van der Waals surface area contributed by atoms with Crippen molar-refractivity contribution in [3.05, 3.63) is 29.3 Å². The van der Waals surface area contributed by atoms with E-state index >= 15 is 0 Å². The molecule has 1 saturated carbocycles. The molecule has 2 fully saturated rings. The molecule has 1 aliphatic carbocycles. The van der Waals surface area contributed by atoms with Crippen LogP contribution in [0.3, 0.4) is 0 Å². The van der Waals surface area contributed by atoms with Gasteiger partial charge in [0, 0.05) is 18.7 Å². The number of methoxy groups -OCH3 is 1. The quantitative estimate of drug-likeness (QED) is 0.853. The summed E-state index contributed by atoms with van der Waals surface area (Å²) in [4.78, 5) is 26.1. The van der Waals surface area contributed by atoms with Crippen molar-refractivity contribution in [2.24, 2.45) is 5.41 Å². The number of ether oxygens (including phenoxy) is 1. The maximum atomic E-state index is 12.7. The molecule has 5 nitrogen and oxygen atoms in total. The third kappa shape index (κ3) is 2.67. The summed E-state index contributed by atoms with van der Waals surface area (Å²) in [5.41, 5.74) is 0.841. The molecule has 1 heterocycles. The van der Waals surface area contributed by atoms with Gasteiger partial charge in [-0.15, -0.1) is 0 Å². The minimum atomic E-state index is -0.557. The lowest BCUT2D eigenvalue weighted by Crippen LogP contribution is -2.31. The normalized spacial score (nSPS) is 19.6. The van der Waals surface area contributed by atoms with E-state index in [4.69, 9.17) is 0 Å². The highest BCUT2D eigenvalue weighted by molar-refractivity contribution is 5.98. The molecule has 1 aromatic carbocycles. The van der Waals surface area contributed by atoms with E-state index in [1.54, 1.807) is 0 Å². The van der Waals surface area contributed by atoms with Gasteiger partial charge in [0.05, 0.1) is 12.7 Å². The van der Waals surface area contributed by atoms with Gasteiger partial charge in [-0.05, 0) is 42.9 Å². The Hall–Kier alpha value is -2.04. The molecule has 0 unspecified atom stereocenters. The molecule has 1 saturated heterocycles. The van der Waals surface area contributed by atoms with E-state index in [9.17, 15) is 14.7 Å². The maximum Gasteiger partial charge on any atom is 0.338 e. The van der Waals surface area contributed by atoms with Gasteiger partial charge in [-0.25, -0.2) is 4.79 Å². The van der Waals surface area contributed by atoms with Crippen molar-refractivity contribution >= 4 is 11.9 Å². The molecule has 0 atom stereocenters. The molecule has 2 aliphatic rings. The lowest BCUT2D eigenvalue weighted by molar-refractivity contribution is 0.0600. The molecule has 0 radical (unpaired) electrons. The first-order chi connectivity index (χ1) is 10.5. The molecule has 5 heteroatoms. The molecule has 1 aliphatic heterocycles. The van der Waals surface area contributed by atoms with Crippen molar-refractivity contribution < 1.29 is 19.4 Å². The predicted molar refractivity (Wildman–Crippen MR) is 80.9 cm³/mol. The second kappa shape index (κ2) is 5.63. The Morgan fingerprint density at radius 2 is 1.82 bits per heavy atom. The zero-order chi connectivity index (χ0) is 15.7. The van der Waals surface area contributed by atoms with Gasteiger partial charge in [0.2, 0.25) is 0 Å². The van der Waals surface area contributed by atoms with Crippen LogP contribution in [0.1, 0.15) is 52.8 Å². The summed E-state index contributed by atoms with van der Waals surface area (Å²) in [6.07, 6.45) is 5.96. The average Bonchev–Trinajstić information content (AvgIpc) is 3.15. The van der Waals surface area contributed by atoms with Gasteiger partial charge in [-0.1, -0.05) is 12.8 Å². The first-order valence-corrected chi connectivity index (χ1v) is 7.75. The molecule has 22 heavy (non-hydrogen) atoms. The molecule has 1 spiro atoms. The van der Waals surface area contributed by atoms with E-state index < -0.39 is 5.97 Å². The van der Waals surface area contributed by atoms with Crippen LogP contribution in [0.15, 0.2) is 18.2 Å². The number of carbonyl (C=O) groups is 2. The summed E-state index contributed by atoms with van der Waals surface area (Å²) in [6.45, 7) is 1.54. The number of amides is 1. The zero-order valence-corrected chi connectivity index (χ0v) is 12.8. The number of aromatic hydroxyl groups is 1. The van der Waals surface area contributed by atoms with Gasteiger partial charge in [-0.3, -0.25) is 4.79 Å². The Morgan fingerprint density at radius 3 is 2.50 bits per heavy atom. The highest BCUT2D eigenvalue weighted by Gasteiger charge is 2.41. The fourth-order valence-electron chi connectivity index (χ4n) is 3.79. The fourth-order valence-corrected chi connectivity index (χ4v) is 3.79. The smallest absolute Gasteiger partial charge is 0.338 e. The second-order valence-electron chi connectivity index (χ2n) is 6.44. The topological polar surface area (TPSA) is 66.8 Å². The number of phenols is 1. The van der Waals surface area contributed by atoms with Gasteiger partial charge in [-0.2, -0.15) is 0 Å². The number of benzene rings is 1. The van der Waals surface area contributed by atoms with Crippen LogP contribution in [-0.4, -0.2) is 42.1 Å². The number of rotatable bonds is 2. The number of hydrogen-bond donors (Lipinski definition) is 1. The number of phenolic OH excluding ortho intramolecular Hbond substituents is 1. The van der Waals surface area contributed by atoms with Gasteiger partial charge < -0.3 is 14.7 Å². The number of carbonyl (C=O) groups excluding carboxylic acids is 2. The van der Waals surface area contributed by atoms with Crippen LogP contribution in [0, 0.1) is 5.41 Å². The van der Waals surface area contributed by atoms with Gasteiger partial charge in [0.15, 0.2) is 0 Å². The first kappa shape index (κ1) is 14.9. The predicted octanol–water partition coefficient (Wildman–Crippen LogP) is 2.59.